The molecular formula is C4H4O8Rh. The molecule has 0 rings (SSSR count). The van der Waals surface area contributed by atoms with Crippen LogP contribution >= 0.6 is 0 Å². The van der Waals surface area contributed by atoms with E-state index in [4.69, 9.17) is 39.6 Å². The second kappa shape index (κ2) is 151. The first-order chi connectivity index (χ1) is 5.66. The van der Waals surface area contributed by atoms with Crippen molar-refractivity contribution in [3.63, 3.8) is 0 Å². The van der Waals surface area contributed by atoms with E-state index >= 15 is 0 Å². The van der Waals surface area contributed by atoms with E-state index < -0.39 is 0 Å². The average molecular weight is 283 g/mol. The standard InChI is InChI=1S/4CHO2.Rh/c4*2-1-3;/h4*(H,2,3);/q4*-1;+4. The second-order valence-electron chi connectivity index (χ2n) is 0.365. The molecule has 0 aliphatic heterocycles. The van der Waals surface area contributed by atoms with Gasteiger partial charge in [-0.1, -0.05) is 25.9 Å². The van der Waals surface area contributed by atoms with Crippen molar-refractivity contribution in [1.29, 1.82) is 0 Å². The summed E-state index contributed by atoms with van der Waals surface area (Å²) in [6.45, 7) is 2.00. The first-order valence-electron chi connectivity index (χ1n) is 1.71. The van der Waals surface area contributed by atoms with Crippen LogP contribution in [0.4, 0.5) is 0 Å². The van der Waals surface area contributed by atoms with Crippen LogP contribution in [0.25, 0.3) is 0 Å². The van der Waals surface area contributed by atoms with Crippen LogP contribution < -0.4 is 0 Å². The van der Waals surface area contributed by atoms with Crippen molar-refractivity contribution in [2.24, 2.45) is 0 Å². The van der Waals surface area contributed by atoms with Gasteiger partial charge in [-0.05, 0) is 0 Å². The Morgan fingerprint density at radius 3 is 0.538 bits per heavy atom. The van der Waals surface area contributed by atoms with Gasteiger partial charge >= 0.3 is 19.5 Å². The molecule has 0 aromatic heterocycles. The van der Waals surface area contributed by atoms with Crippen LogP contribution in [0.5, 0.6) is 0 Å². The molecule has 0 bridgehead atoms. The molecule has 9 heteroatoms. The molecule has 0 aromatic carbocycles. The summed E-state index contributed by atoms with van der Waals surface area (Å²) in [5, 5.41) is 27.1. The van der Waals surface area contributed by atoms with Crippen LogP contribution in [-0.2, 0) is 38.7 Å². The summed E-state index contributed by atoms with van der Waals surface area (Å²) in [6.07, 6.45) is 0. The normalized spacial score (nSPS) is 3.69. The molecule has 0 aliphatic rings. The Morgan fingerprint density at radius 1 is 0.538 bits per heavy atom. The fraction of sp³-hybridized carbons (Fsp3) is 0. The molecule has 13 heavy (non-hydrogen) atoms. The van der Waals surface area contributed by atoms with Crippen molar-refractivity contribution >= 4 is 25.9 Å². The van der Waals surface area contributed by atoms with Gasteiger partial charge in [0.25, 0.3) is 0 Å². The maximum atomic E-state index is 8.24. The zero-order valence-electron chi connectivity index (χ0n) is 5.76. The van der Waals surface area contributed by atoms with Crippen molar-refractivity contribution in [3.8, 4) is 0 Å². The molecule has 1 radical (unpaired) electrons. The Bertz CT molecular complexity index is 70.1. The minimum absolute atomic E-state index is 0. The molecule has 0 heterocycles. The molecule has 0 fully saturated rings. The van der Waals surface area contributed by atoms with Gasteiger partial charge in [-0.3, -0.25) is 0 Å². The summed E-state index contributed by atoms with van der Waals surface area (Å²) in [6, 6.07) is 0. The molecule has 4 N–H and O–H groups in total. The van der Waals surface area contributed by atoms with Gasteiger partial charge in [0.05, 0.1) is 0 Å². The van der Waals surface area contributed by atoms with Crippen molar-refractivity contribution in [2.45, 2.75) is 0 Å². The Balaban J connectivity index is -0.0000000213. The summed E-state index contributed by atoms with van der Waals surface area (Å²) in [5.41, 5.74) is 0. The molecular weight excluding hydrogens is 279 g/mol. The van der Waals surface area contributed by atoms with E-state index in [2.05, 4.69) is 0 Å². The predicted octanol–water partition coefficient (Wildman–Crippen LogP) is -1.56. The Morgan fingerprint density at radius 2 is 0.538 bits per heavy atom. The summed E-state index contributed by atoms with van der Waals surface area (Å²) in [7, 11) is 0. The molecule has 0 amide bonds. The van der Waals surface area contributed by atoms with Crippen molar-refractivity contribution in [1.82, 2.24) is 0 Å². The van der Waals surface area contributed by atoms with E-state index in [0.717, 1.165) is 0 Å². The van der Waals surface area contributed by atoms with Crippen molar-refractivity contribution in [2.75, 3.05) is 0 Å². The molecule has 0 saturated carbocycles. The largest absolute Gasteiger partial charge is 4.00 e. The quantitative estimate of drug-likeness (QED) is 0.308. The summed E-state index contributed by atoms with van der Waals surface area (Å²) in [4.78, 5) is 32.9. The van der Waals surface area contributed by atoms with E-state index in [-0.39, 0.29) is 19.5 Å². The van der Waals surface area contributed by atoms with Gasteiger partial charge in [0.15, 0.2) is 0 Å². The first-order valence-corrected chi connectivity index (χ1v) is 1.71. The third kappa shape index (κ3) is 339. The molecule has 0 spiro atoms. The van der Waals surface area contributed by atoms with Gasteiger partial charge in [-0.25, -0.2) is 0 Å². The zero-order chi connectivity index (χ0) is 10.8. The van der Waals surface area contributed by atoms with Crippen LogP contribution in [0.1, 0.15) is 0 Å². The van der Waals surface area contributed by atoms with Crippen LogP contribution in [0, 0.1) is 0 Å². The predicted molar refractivity (Wildman–Crippen MR) is 33.3 cm³/mol. The van der Waals surface area contributed by atoms with Gasteiger partial charge in [0.2, 0.25) is 0 Å². The molecule has 0 aliphatic carbocycles. The number of hydrogen-bond acceptors (Lipinski definition) is 4. The maximum absolute atomic E-state index is 8.24. The molecule has 0 aromatic rings. The third-order valence-corrected chi connectivity index (χ3v) is 0. The topological polar surface area (TPSA) is 149 Å². The number of rotatable bonds is 0. The summed E-state index contributed by atoms with van der Waals surface area (Å²) in [5.74, 6) is 0. The SMILES string of the molecule is O=[C-]O.O=[C-]O.O=[C-]O.O=[C-]O.[Rh+4]. The third-order valence-electron chi connectivity index (χ3n) is 0. The minimum Gasteiger partial charge on any atom is -0.665 e. The monoisotopic (exact) mass is 283 g/mol. The average Bonchev–Trinajstić information content (AvgIpc) is 1.92. The number of aliphatic hydroxyl groups excluding tert-OH is 4. The second-order valence-corrected chi connectivity index (χ2v) is 0.365. The Labute approximate surface area is 85.6 Å². The van der Waals surface area contributed by atoms with Gasteiger partial charge in [-0.15, -0.1) is 0 Å². The van der Waals surface area contributed by atoms with Crippen LogP contribution in [-0.4, -0.2) is 46.3 Å². The molecule has 0 atom stereocenters. The van der Waals surface area contributed by atoms with Crippen molar-refractivity contribution in [3.05, 3.63) is 0 Å². The Kier molecular flexibility index (Phi) is 349. The van der Waals surface area contributed by atoms with E-state index in [1.54, 1.807) is 0 Å². The van der Waals surface area contributed by atoms with Gasteiger partial charge < -0.3 is 39.6 Å². The molecule has 77 valence electrons. The fourth-order valence-corrected chi connectivity index (χ4v) is 0. The smallest absolute Gasteiger partial charge is 0.665 e. The fourth-order valence-electron chi connectivity index (χ4n) is 0. The van der Waals surface area contributed by atoms with Gasteiger partial charge in [0.1, 0.15) is 0 Å². The van der Waals surface area contributed by atoms with Crippen molar-refractivity contribution < 1.29 is 59.1 Å². The van der Waals surface area contributed by atoms with Crippen LogP contribution in [0.3, 0.4) is 0 Å². The molecule has 0 unspecified atom stereocenters. The van der Waals surface area contributed by atoms with E-state index in [1.165, 1.54) is 0 Å². The summed E-state index contributed by atoms with van der Waals surface area (Å²) < 4.78 is 0. The molecule has 8 nitrogen and oxygen atoms in total. The van der Waals surface area contributed by atoms with E-state index in [0.29, 0.717) is 25.9 Å². The maximum Gasteiger partial charge on any atom is 4.00 e. The molecule has 0 saturated heterocycles. The first kappa shape index (κ1) is 30.0. The summed E-state index contributed by atoms with van der Waals surface area (Å²) >= 11 is 0. The Hall–Kier alpha value is -1.50. The zero-order valence-corrected chi connectivity index (χ0v) is 7.39. The van der Waals surface area contributed by atoms with Crippen LogP contribution in [0.15, 0.2) is 0 Å². The van der Waals surface area contributed by atoms with Gasteiger partial charge in [-0.2, -0.15) is 0 Å². The van der Waals surface area contributed by atoms with E-state index in [1.807, 2.05) is 0 Å². The van der Waals surface area contributed by atoms with Gasteiger partial charge in [0, 0.05) is 0 Å². The van der Waals surface area contributed by atoms with E-state index in [9.17, 15) is 0 Å². The van der Waals surface area contributed by atoms with Crippen LogP contribution in [0.2, 0.25) is 0 Å². The number of hydrogen-bond donors (Lipinski definition) is 4. The minimum atomic E-state index is 0.